The van der Waals surface area contributed by atoms with Crippen molar-refractivity contribution in [3.8, 4) is 22.1 Å². The molecular weight excluding hydrogens is 799 g/mol. The van der Waals surface area contributed by atoms with E-state index in [4.69, 9.17) is 20.4 Å². The maximum absolute atomic E-state index is 13.5. The molecule has 322 valence electrons. The fourth-order valence-electron chi connectivity index (χ4n) is 8.60. The van der Waals surface area contributed by atoms with E-state index in [2.05, 4.69) is 48.1 Å². The highest BCUT2D eigenvalue weighted by Crippen LogP contribution is 2.40. The number of hydrogen-bond acceptors (Lipinski definition) is 12. The zero-order chi connectivity index (χ0) is 43.3. The zero-order valence-electron chi connectivity index (χ0n) is 35.2. The standard InChI is InChI=1S/C44H53N9O7S/c1-24(2)29-17-30(33(55)18-32(29)54)40(58)52-21-27-7-6-25(16-28(27)22-52)20-50-12-14-51(15-13-50)35(56)23-60-34-10-11-53(37(34)39(45)57)43(59)49-42-47-31-9-8-26-19-46-41(44(3,4)5)48-36(26)38(31)61-42/h6-7,16-19,24,34,37,54-55H,8-15,20-23H2,1-5H3,(H2,45,57)(H,47,49,59)/t34-,37+/m1/s1. The van der Waals surface area contributed by atoms with Crippen LogP contribution in [0.2, 0.25) is 0 Å². The first-order valence-electron chi connectivity index (χ1n) is 20.8. The van der Waals surface area contributed by atoms with E-state index < -0.39 is 24.1 Å². The average Bonchev–Trinajstić information content (AvgIpc) is 3.96. The predicted octanol–water partition coefficient (Wildman–Crippen LogP) is 4.51. The van der Waals surface area contributed by atoms with Crippen molar-refractivity contribution in [2.45, 2.75) is 97.0 Å². The molecule has 1 aliphatic carbocycles. The monoisotopic (exact) mass is 851 g/mol. The van der Waals surface area contributed by atoms with Gasteiger partial charge in [0.05, 0.1) is 27.9 Å². The van der Waals surface area contributed by atoms with Gasteiger partial charge < -0.3 is 35.4 Å². The number of ether oxygens (including phenoxy) is 1. The van der Waals surface area contributed by atoms with Crippen LogP contribution in [0.1, 0.15) is 96.7 Å². The maximum Gasteiger partial charge on any atom is 0.324 e. The molecule has 3 aliphatic heterocycles. The number of fused-ring (bicyclic) bond motifs is 4. The van der Waals surface area contributed by atoms with Crippen LogP contribution in [0, 0.1) is 0 Å². The van der Waals surface area contributed by atoms with Gasteiger partial charge in [0.15, 0.2) is 5.13 Å². The topological polar surface area (TPSA) is 208 Å². The summed E-state index contributed by atoms with van der Waals surface area (Å²) >= 11 is 1.34. The molecule has 0 spiro atoms. The summed E-state index contributed by atoms with van der Waals surface area (Å²) in [5.74, 6) is -0.733. The molecular formula is C44H53N9O7S. The normalized spacial score (nSPS) is 18.9. The van der Waals surface area contributed by atoms with E-state index in [9.17, 15) is 29.4 Å². The Morgan fingerprint density at radius 2 is 1.69 bits per heavy atom. The quantitative estimate of drug-likeness (QED) is 0.184. The molecule has 2 fully saturated rings. The van der Waals surface area contributed by atoms with Crippen LogP contribution in [0.5, 0.6) is 11.5 Å². The van der Waals surface area contributed by atoms with Crippen molar-refractivity contribution < 1.29 is 34.1 Å². The van der Waals surface area contributed by atoms with Gasteiger partial charge in [-0.25, -0.2) is 19.7 Å². The number of rotatable bonds is 9. The number of anilines is 1. The Bertz CT molecular complexity index is 2390. The number of amides is 5. The van der Waals surface area contributed by atoms with Crippen LogP contribution in [0.15, 0.2) is 36.5 Å². The SMILES string of the molecule is CC(C)c1cc(C(=O)N2Cc3ccc(CN4CCN(C(=O)CO[C@@H]5CCN(C(=O)Nc6nc7c(s6)-c6nc(C(C)(C)C)ncc6CC7)[C@@H]5C(N)=O)CC4)cc3C2)c(O)cc1O. The van der Waals surface area contributed by atoms with Gasteiger partial charge in [-0.15, -0.1) is 0 Å². The molecule has 2 atom stereocenters. The molecule has 16 nitrogen and oxygen atoms in total. The van der Waals surface area contributed by atoms with Crippen LogP contribution in [-0.4, -0.2) is 120 Å². The number of thiazole rings is 1. The Morgan fingerprint density at radius 3 is 2.41 bits per heavy atom. The molecule has 0 unspecified atom stereocenters. The lowest BCUT2D eigenvalue weighted by atomic mass is 9.94. The summed E-state index contributed by atoms with van der Waals surface area (Å²) in [5, 5.41) is 24.0. The van der Waals surface area contributed by atoms with Crippen LogP contribution in [0.3, 0.4) is 0 Å². The minimum atomic E-state index is -1.04. The van der Waals surface area contributed by atoms with Gasteiger partial charge in [0.25, 0.3) is 5.91 Å². The molecule has 5 heterocycles. The Hall–Kier alpha value is -5.65. The van der Waals surface area contributed by atoms with Crippen LogP contribution >= 0.6 is 11.3 Å². The van der Waals surface area contributed by atoms with Crippen molar-refractivity contribution >= 4 is 40.2 Å². The van der Waals surface area contributed by atoms with E-state index in [1.165, 1.54) is 22.3 Å². The zero-order valence-corrected chi connectivity index (χ0v) is 36.0. The number of carbonyl (C=O) groups excluding carboxylic acids is 4. The number of nitrogens with two attached hydrogens (primary N) is 1. The number of likely N-dealkylation sites (tertiary alicyclic amines) is 1. The van der Waals surface area contributed by atoms with Crippen molar-refractivity contribution in [2.75, 3.05) is 44.6 Å². The van der Waals surface area contributed by atoms with E-state index in [-0.39, 0.29) is 53.4 Å². The van der Waals surface area contributed by atoms with Gasteiger partial charge in [-0.05, 0) is 59.1 Å². The first-order chi connectivity index (χ1) is 29.0. The summed E-state index contributed by atoms with van der Waals surface area (Å²) in [4.78, 5) is 75.1. The first-order valence-corrected chi connectivity index (χ1v) is 21.7. The van der Waals surface area contributed by atoms with Crippen molar-refractivity contribution in [2.24, 2.45) is 5.73 Å². The van der Waals surface area contributed by atoms with Gasteiger partial charge in [-0.2, -0.15) is 0 Å². The molecule has 5 N–H and O–H groups in total. The Morgan fingerprint density at radius 1 is 0.934 bits per heavy atom. The molecule has 2 saturated heterocycles. The highest BCUT2D eigenvalue weighted by Gasteiger charge is 2.43. The smallest absolute Gasteiger partial charge is 0.324 e. The number of aromatic hydroxyl groups is 2. The van der Waals surface area contributed by atoms with E-state index in [1.54, 1.807) is 15.9 Å². The van der Waals surface area contributed by atoms with E-state index >= 15 is 0 Å². The molecule has 5 amide bonds. The van der Waals surface area contributed by atoms with Gasteiger partial charge in [-0.3, -0.25) is 24.6 Å². The number of phenolic OH excluding ortho intramolecular Hbond substituents is 2. The van der Waals surface area contributed by atoms with Crippen LogP contribution in [0.4, 0.5) is 9.93 Å². The summed E-state index contributed by atoms with van der Waals surface area (Å²) < 4.78 is 6.01. The number of phenols is 2. The second-order valence-corrected chi connectivity index (χ2v) is 18.7. The molecule has 4 aliphatic rings. The lowest BCUT2D eigenvalue weighted by Crippen LogP contribution is -2.52. The summed E-state index contributed by atoms with van der Waals surface area (Å²) in [6.07, 6.45) is 2.96. The number of carbonyl (C=O) groups is 4. The number of piperazine rings is 1. The van der Waals surface area contributed by atoms with Gasteiger partial charge in [0.2, 0.25) is 11.8 Å². The molecule has 0 radical (unpaired) electrons. The van der Waals surface area contributed by atoms with Crippen LogP contribution in [0.25, 0.3) is 10.6 Å². The molecule has 61 heavy (non-hydrogen) atoms. The highest BCUT2D eigenvalue weighted by atomic mass is 32.1. The van der Waals surface area contributed by atoms with Crippen LogP contribution in [-0.2, 0) is 52.2 Å². The van der Waals surface area contributed by atoms with Crippen molar-refractivity contribution in [1.82, 2.24) is 34.6 Å². The minimum absolute atomic E-state index is 0.0127. The summed E-state index contributed by atoms with van der Waals surface area (Å²) in [5.41, 5.74) is 12.3. The Labute approximate surface area is 358 Å². The molecule has 17 heteroatoms. The third-order valence-electron chi connectivity index (χ3n) is 12.0. The van der Waals surface area contributed by atoms with Crippen molar-refractivity contribution in [3.05, 3.63) is 81.4 Å². The van der Waals surface area contributed by atoms with Gasteiger partial charge >= 0.3 is 6.03 Å². The molecule has 8 rings (SSSR count). The number of nitrogens with one attached hydrogen (secondary N) is 1. The summed E-state index contributed by atoms with van der Waals surface area (Å²) in [6, 6.07) is 7.49. The Kier molecular flexibility index (Phi) is 11.5. The lowest BCUT2D eigenvalue weighted by molar-refractivity contribution is -0.142. The molecule has 2 aromatic carbocycles. The van der Waals surface area contributed by atoms with Gasteiger partial charge in [0.1, 0.15) is 30.0 Å². The number of primary amides is 1. The molecule has 4 aromatic rings. The average molecular weight is 852 g/mol. The van der Waals surface area contributed by atoms with Crippen molar-refractivity contribution in [1.29, 1.82) is 0 Å². The minimum Gasteiger partial charge on any atom is -0.508 e. The maximum atomic E-state index is 13.5. The van der Waals surface area contributed by atoms with E-state index in [1.807, 2.05) is 26.1 Å². The number of hydrogen-bond donors (Lipinski definition) is 4. The largest absolute Gasteiger partial charge is 0.508 e. The second kappa shape index (κ2) is 16.7. The summed E-state index contributed by atoms with van der Waals surface area (Å²) in [6.45, 7) is 13.9. The van der Waals surface area contributed by atoms with Crippen molar-refractivity contribution in [3.63, 3.8) is 0 Å². The molecule has 0 saturated carbocycles. The van der Waals surface area contributed by atoms with Gasteiger partial charge in [-0.1, -0.05) is 64.2 Å². The molecule has 2 aromatic heterocycles. The number of nitrogens with zero attached hydrogens (tertiary/aromatic N) is 7. The fourth-order valence-corrected chi connectivity index (χ4v) is 9.62. The highest BCUT2D eigenvalue weighted by molar-refractivity contribution is 7.19. The predicted molar refractivity (Wildman–Crippen MR) is 228 cm³/mol. The van der Waals surface area contributed by atoms with Gasteiger partial charge in [0, 0.05) is 70.0 Å². The Balaban J connectivity index is 0.812. The molecule has 0 bridgehead atoms. The second-order valence-electron chi connectivity index (χ2n) is 17.7. The first kappa shape index (κ1) is 42.1. The number of urea groups is 1. The summed E-state index contributed by atoms with van der Waals surface area (Å²) in [7, 11) is 0. The number of aryl methyl sites for hydroxylation is 2. The van der Waals surface area contributed by atoms with E-state index in [0.29, 0.717) is 69.3 Å². The number of benzene rings is 2. The lowest BCUT2D eigenvalue weighted by Gasteiger charge is -2.35. The fraction of sp³-hybridized carbons (Fsp3) is 0.477. The third-order valence-corrected chi connectivity index (χ3v) is 13.0. The van der Waals surface area contributed by atoms with E-state index in [0.717, 1.165) is 50.8 Å². The van der Waals surface area contributed by atoms with Crippen LogP contribution < -0.4 is 11.1 Å². The number of aromatic nitrogens is 3. The third kappa shape index (κ3) is 8.63.